The van der Waals surface area contributed by atoms with Crippen molar-refractivity contribution in [3.05, 3.63) is 60.0 Å². The zero-order valence-electron chi connectivity index (χ0n) is 17.1. The molecule has 7 nitrogen and oxygen atoms in total. The van der Waals surface area contributed by atoms with Gasteiger partial charge in [0.05, 0.1) is 13.7 Å². The molecule has 1 heterocycles. The van der Waals surface area contributed by atoms with Crippen LogP contribution in [0.3, 0.4) is 0 Å². The lowest BCUT2D eigenvalue weighted by Gasteiger charge is -2.17. The molecule has 0 bridgehead atoms. The average molecular weight is 395 g/mol. The summed E-state index contributed by atoms with van der Waals surface area (Å²) in [4.78, 5) is 18.3. The number of carbonyl (C=O) groups excluding carboxylic acids is 1. The van der Waals surface area contributed by atoms with Crippen molar-refractivity contribution in [2.75, 3.05) is 20.8 Å². The Bertz CT molecular complexity index is 968. The molecule has 3 rings (SSSR count). The standard InChI is InChI=1S/C22H25N3O4/c1-15(2)18-10-5-6-11-19(18)28-14-21(26)25(3)13-20-23-22(24-29-20)16-8-7-9-17(12-16)27-4/h5-12,15H,13-14H2,1-4H3. The van der Waals surface area contributed by atoms with Gasteiger partial charge < -0.3 is 18.9 Å². The van der Waals surface area contributed by atoms with Crippen LogP contribution in [0.25, 0.3) is 11.4 Å². The summed E-state index contributed by atoms with van der Waals surface area (Å²) in [5.74, 6) is 2.36. The van der Waals surface area contributed by atoms with Crippen molar-refractivity contribution in [3.63, 3.8) is 0 Å². The zero-order chi connectivity index (χ0) is 20.8. The van der Waals surface area contributed by atoms with Crippen LogP contribution in [0.1, 0.15) is 31.2 Å². The molecule has 0 saturated carbocycles. The summed E-state index contributed by atoms with van der Waals surface area (Å²) in [6.07, 6.45) is 0. The molecule has 7 heteroatoms. The lowest BCUT2D eigenvalue weighted by molar-refractivity contribution is -0.132. The van der Waals surface area contributed by atoms with E-state index in [1.165, 1.54) is 4.90 Å². The number of aromatic nitrogens is 2. The van der Waals surface area contributed by atoms with Gasteiger partial charge in [-0.2, -0.15) is 4.98 Å². The average Bonchev–Trinajstić information content (AvgIpc) is 3.20. The molecule has 2 aromatic carbocycles. The molecule has 0 aliphatic heterocycles. The third-order valence-corrected chi connectivity index (χ3v) is 4.49. The van der Waals surface area contributed by atoms with Crippen molar-refractivity contribution in [3.8, 4) is 22.9 Å². The first kappa shape index (κ1) is 20.4. The van der Waals surface area contributed by atoms with E-state index in [9.17, 15) is 4.79 Å². The second-order valence-corrected chi connectivity index (χ2v) is 6.97. The summed E-state index contributed by atoms with van der Waals surface area (Å²) < 4.78 is 16.3. The van der Waals surface area contributed by atoms with Gasteiger partial charge in [-0.1, -0.05) is 49.3 Å². The monoisotopic (exact) mass is 395 g/mol. The maximum absolute atomic E-state index is 12.5. The number of benzene rings is 2. The quantitative estimate of drug-likeness (QED) is 0.576. The molecule has 0 radical (unpaired) electrons. The van der Waals surface area contributed by atoms with Crippen molar-refractivity contribution in [2.45, 2.75) is 26.3 Å². The molecular formula is C22H25N3O4. The number of hydrogen-bond donors (Lipinski definition) is 0. The second-order valence-electron chi connectivity index (χ2n) is 6.97. The van der Waals surface area contributed by atoms with Crippen molar-refractivity contribution in [2.24, 2.45) is 0 Å². The molecule has 1 aromatic heterocycles. The van der Waals surface area contributed by atoms with E-state index in [4.69, 9.17) is 14.0 Å². The maximum atomic E-state index is 12.5. The number of rotatable bonds is 8. The fraction of sp³-hybridized carbons (Fsp3) is 0.318. The van der Waals surface area contributed by atoms with E-state index >= 15 is 0 Å². The van der Waals surface area contributed by atoms with Crippen LogP contribution in [0.15, 0.2) is 53.1 Å². The molecule has 0 atom stereocenters. The first-order chi connectivity index (χ1) is 14.0. The van der Waals surface area contributed by atoms with Gasteiger partial charge in [0, 0.05) is 12.6 Å². The molecule has 152 valence electrons. The molecule has 0 fully saturated rings. The van der Waals surface area contributed by atoms with E-state index < -0.39 is 0 Å². The van der Waals surface area contributed by atoms with Crippen LogP contribution in [0, 0.1) is 0 Å². The smallest absolute Gasteiger partial charge is 0.260 e. The Balaban J connectivity index is 1.60. The highest BCUT2D eigenvalue weighted by Crippen LogP contribution is 2.26. The van der Waals surface area contributed by atoms with Crippen LogP contribution in [-0.2, 0) is 11.3 Å². The molecule has 0 N–H and O–H groups in total. The SMILES string of the molecule is COc1cccc(-c2noc(CN(C)C(=O)COc3ccccc3C(C)C)n2)c1. The van der Waals surface area contributed by atoms with Gasteiger partial charge in [-0.15, -0.1) is 0 Å². The largest absolute Gasteiger partial charge is 0.497 e. The van der Waals surface area contributed by atoms with Gasteiger partial charge in [0.1, 0.15) is 11.5 Å². The number of amides is 1. The number of ether oxygens (including phenoxy) is 2. The van der Waals surface area contributed by atoms with Gasteiger partial charge in [0.15, 0.2) is 6.61 Å². The van der Waals surface area contributed by atoms with Crippen LogP contribution < -0.4 is 9.47 Å². The predicted molar refractivity (Wildman–Crippen MR) is 109 cm³/mol. The number of carbonyl (C=O) groups is 1. The highest BCUT2D eigenvalue weighted by molar-refractivity contribution is 5.77. The lowest BCUT2D eigenvalue weighted by atomic mass is 10.0. The number of likely N-dealkylation sites (N-methyl/N-ethyl adjacent to an activating group) is 1. The fourth-order valence-corrected chi connectivity index (χ4v) is 2.83. The Morgan fingerprint density at radius 3 is 2.72 bits per heavy atom. The third kappa shape index (κ3) is 5.13. The highest BCUT2D eigenvalue weighted by atomic mass is 16.5. The Morgan fingerprint density at radius 2 is 1.97 bits per heavy atom. The molecule has 0 saturated heterocycles. The topological polar surface area (TPSA) is 77.7 Å². The Kier molecular flexibility index (Phi) is 6.49. The molecule has 3 aromatic rings. The zero-order valence-corrected chi connectivity index (χ0v) is 17.1. The summed E-state index contributed by atoms with van der Waals surface area (Å²) in [6, 6.07) is 15.1. The van der Waals surface area contributed by atoms with E-state index in [0.29, 0.717) is 23.4 Å². The molecule has 0 unspecified atom stereocenters. The molecule has 0 aliphatic carbocycles. The minimum absolute atomic E-state index is 0.0584. The number of nitrogens with zero attached hydrogens (tertiary/aromatic N) is 3. The highest BCUT2D eigenvalue weighted by Gasteiger charge is 2.16. The van der Waals surface area contributed by atoms with E-state index in [-0.39, 0.29) is 19.1 Å². The van der Waals surface area contributed by atoms with Crippen molar-refractivity contribution < 1.29 is 18.8 Å². The first-order valence-corrected chi connectivity index (χ1v) is 9.40. The molecule has 29 heavy (non-hydrogen) atoms. The Morgan fingerprint density at radius 1 is 1.17 bits per heavy atom. The van der Waals surface area contributed by atoms with Crippen molar-refractivity contribution in [1.29, 1.82) is 0 Å². The predicted octanol–water partition coefficient (Wildman–Crippen LogP) is 3.91. The Labute approximate surface area is 170 Å². The summed E-state index contributed by atoms with van der Waals surface area (Å²) >= 11 is 0. The molecule has 0 aliphatic rings. The summed E-state index contributed by atoms with van der Waals surface area (Å²) in [7, 11) is 3.28. The van der Waals surface area contributed by atoms with E-state index in [2.05, 4.69) is 24.0 Å². The third-order valence-electron chi connectivity index (χ3n) is 4.49. The van der Waals surface area contributed by atoms with Gasteiger partial charge in [0.25, 0.3) is 5.91 Å². The minimum atomic E-state index is -0.176. The lowest BCUT2D eigenvalue weighted by Crippen LogP contribution is -2.31. The maximum Gasteiger partial charge on any atom is 0.260 e. The normalized spacial score (nSPS) is 10.8. The van der Waals surface area contributed by atoms with Gasteiger partial charge in [-0.05, 0) is 29.7 Å². The number of para-hydroxylation sites is 1. The molecular weight excluding hydrogens is 370 g/mol. The molecule has 0 spiro atoms. The summed E-state index contributed by atoms with van der Waals surface area (Å²) in [5, 5.41) is 3.99. The minimum Gasteiger partial charge on any atom is -0.497 e. The van der Waals surface area contributed by atoms with E-state index in [1.807, 2.05) is 48.5 Å². The molecule has 1 amide bonds. The van der Waals surface area contributed by atoms with Gasteiger partial charge in [-0.3, -0.25) is 4.79 Å². The van der Waals surface area contributed by atoms with E-state index in [0.717, 1.165) is 16.9 Å². The number of hydrogen-bond acceptors (Lipinski definition) is 6. The first-order valence-electron chi connectivity index (χ1n) is 9.40. The summed E-state index contributed by atoms with van der Waals surface area (Å²) in [6.45, 7) is 4.32. The van der Waals surface area contributed by atoms with Gasteiger partial charge in [0.2, 0.25) is 11.7 Å². The van der Waals surface area contributed by atoms with E-state index in [1.54, 1.807) is 14.2 Å². The van der Waals surface area contributed by atoms with Crippen LogP contribution >= 0.6 is 0 Å². The van der Waals surface area contributed by atoms with Gasteiger partial charge >= 0.3 is 0 Å². The van der Waals surface area contributed by atoms with Crippen LogP contribution in [-0.4, -0.2) is 41.7 Å². The van der Waals surface area contributed by atoms with Crippen molar-refractivity contribution in [1.82, 2.24) is 15.0 Å². The van der Waals surface area contributed by atoms with Crippen LogP contribution in [0.2, 0.25) is 0 Å². The van der Waals surface area contributed by atoms with Gasteiger partial charge in [-0.25, -0.2) is 0 Å². The number of methoxy groups -OCH3 is 1. The second kappa shape index (κ2) is 9.23. The van der Waals surface area contributed by atoms with Crippen LogP contribution in [0.4, 0.5) is 0 Å². The van der Waals surface area contributed by atoms with Crippen molar-refractivity contribution >= 4 is 5.91 Å². The Hall–Kier alpha value is -3.35. The van der Waals surface area contributed by atoms with Crippen LogP contribution in [0.5, 0.6) is 11.5 Å². The fourth-order valence-electron chi connectivity index (χ4n) is 2.83. The summed E-state index contributed by atoms with van der Waals surface area (Å²) in [5.41, 5.74) is 1.85.